The van der Waals surface area contributed by atoms with E-state index in [1.807, 2.05) is 11.7 Å². The molecule has 0 aliphatic carbocycles. The van der Waals surface area contributed by atoms with Crippen LogP contribution in [0.2, 0.25) is 0 Å². The molecule has 0 amide bonds. The van der Waals surface area contributed by atoms with Crippen molar-refractivity contribution < 1.29 is 0 Å². The molecule has 1 unspecified atom stereocenters. The number of nitrogens with two attached hydrogens (primary N) is 1. The highest BCUT2D eigenvalue weighted by molar-refractivity contribution is 5.27. The van der Waals surface area contributed by atoms with Gasteiger partial charge in [0.2, 0.25) is 0 Å². The molecule has 0 spiro atoms. The molecule has 1 aromatic rings. The maximum atomic E-state index is 6.00. The summed E-state index contributed by atoms with van der Waals surface area (Å²) in [6, 6.07) is 0.193. The average Bonchev–Trinajstić information content (AvgIpc) is 2.77. The van der Waals surface area contributed by atoms with Crippen LogP contribution in [-0.4, -0.2) is 22.9 Å². The first-order valence-electron chi connectivity index (χ1n) is 7.80. The molecule has 0 saturated carbocycles. The van der Waals surface area contributed by atoms with Crippen LogP contribution in [0.25, 0.3) is 0 Å². The standard InChI is InChI=1S/C16H32N4/c1-7-12(8-2)10-18-14(9-17)13-11-20(6)19-15(13)16(3,4)5/h11-12,14,18H,7-10,17H2,1-6H3. The molecule has 1 rings (SSSR count). The van der Waals surface area contributed by atoms with Crippen LogP contribution in [0.4, 0.5) is 0 Å². The number of nitrogens with zero attached hydrogens (tertiary/aromatic N) is 2. The maximum absolute atomic E-state index is 6.00. The van der Waals surface area contributed by atoms with Gasteiger partial charge >= 0.3 is 0 Å². The van der Waals surface area contributed by atoms with Crippen LogP contribution in [0, 0.1) is 5.92 Å². The molecule has 1 aromatic heterocycles. The zero-order valence-corrected chi connectivity index (χ0v) is 14.0. The van der Waals surface area contributed by atoms with Gasteiger partial charge < -0.3 is 11.1 Å². The Kier molecular flexibility index (Phi) is 6.21. The fourth-order valence-electron chi connectivity index (χ4n) is 2.55. The van der Waals surface area contributed by atoms with Crippen LogP contribution in [0.15, 0.2) is 6.20 Å². The predicted molar refractivity (Wildman–Crippen MR) is 85.8 cm³/mol. The van der Waals surface area contributed by atoms with E-state index in [0.717, 1.165) is 18.2 Å². The van der Waals surface area contributed by atoms with Crippen molar-refractivity contribution in [1.29, 1.82) is 0 Å². The fraction of sp³-hybridized carbons (Fsp3) is 0.812. The Bertz CT molecular complexity index is 399. The van der Waals surface area contributed by atoms with Crippen LogP contribution >= 0.6 is 0 Å². The highest BCUT2D eigenvalue weighted by Crippen LogP contribution is 2.28. The molecular weight excluding hydrogens is 248 g/mol. The quantitative estimate of drug-likeness (QED) is 0.807. The van der Waals surface area contributed by atoms with Crippen LogP contribution < -0.4 is 11.1 Å². The van der Waals surface area contributed by atoms with Crippen molar-refractivity contribution in [3.05, 3.63) is 17.5 Å². The van der Waals surface area contributed by atoms with Crippen molar-refractivity contribution >= 4 is 0 Å². The number of rotatable bonds is 7. The first kappa shape index (κ1) is 17.2. The third-order valence-electron chi connectivity index (χ3n) is 3.99. The largest absolute Gasteiger partial charge is 0.329 e. The summed E-state index contributed by atoms with van der Waals surface area (Å²) in [6.07, 6.45) is 4.53. The van der Waals surface area contributed by atoms with Crippen molar-refractivity contribution in [3.8, 4) is 0 Å². The molecule has 0 aliphatic heterocycles. The molecule has 0 radical (unpaired) electrons. The third kappa shape index (κ3) is 4.32. The Labute approximate surface area is 124 Å². The van der Waals surface area contributed by atoms with Gasteiger partial charge in [-0.05, 0) is 12.5 Å². The second-order valence-electron chi connectivity index (χ2n) is 6.74. The van der Waals surface area contributed by atoms with Gasteiger partial charge in [0.25, 0.3) is 0 Å². The predicted octanol–water partition coefficient (Wildman–Crippen LogP) is 2.74. The summed E-state index contributed by atoms with van der Waals surface area (Å²) in [4.78, 5) is 0. The van der Waals surface area contributed by atoms with E-state index in [1.165, 1.54) is 18.4 Å². The van der Waals surface area contributed by atoms with Crippen molar-refractivity contribution in [1.82, 2.24) is 15.1 Å². The topological polar surface area (TPSA) is 55.9 Å². The summed E-state index contributed by atoms with van der Waals surface area (Å²) >= 11 is 0. The molecule has 0 fully saturated rings. The lowest BCUT2D eigenvalue weighted by atomic mass is 9.87. The molecule has 1 heterocycles. The minimum absolute atomic E-state index is 0.0423. The summed E-state index contributed by atoms with van der Waals surface area (Å²) in [5.74, 6) is 0.721. The van der Waals surface area contributed by atoms with E-state index in [2.05, 4.69) is 51.2 Å². The van der Waals surface area contributed by atoms with Crippen molar-refractivity contribution in [3.63, 3.8) is 0 Å². The third-order valence-corrected chi connectivity index (χ3v) is 3.99. The summed E-state index contributed by atoms with van der Waals surface area (Å²) in [6.45, 7) is 12.7. The molecule has 20 heavy (non-hydrogen) atoms. The fourth-order valence-corrected chi connectivity index (χ4v) is 2.55. The Morgan fingerprint density at radius 3 is 2.35 bits per heavy atom. The lowest BCUT2D eigenvalue weighted by Crippen LogP contribution is -2.33. The Balaban J connectivity index is 2.90. The molecule has 0 bridgehead atoms. The van der Waals surface area contributed by atoms with Gasteiger partial charge in [-0.15, -0.1) is 0 Å². The maximum Gasteiger partial charge on any atom is 0.0726 e. The summed E-state index contributed by atoms with van der Waals surface area (Å²) in [5, 5.41) is 8.27. The van der Waals surface area contributed by atoms with E-state index in [1.54, 1.807) is 0 Å². The first-order valence-corrected chi connectivity index (χ1v) is 7.80. The molecule has 0 aliphatic rings. The molecule has 116 valence electrons. The molecule has 4 heteroatoms. The number of aryl methyl sites for hydroxylation is 1. The number of hydrogen-bond acceptors (Lipinski definition) is 3. The monoisotopic (exact) mass is 280 g/mol. The second-order valence-corrected chi connectivity index (χ2v) is 6.74. The minimum atomic E-state index is 0.0423. The van der Waals surface area contributed by atoms with Gasteiger partial charge in [0.1, 0.15) is 0 Å². The van der Waals surface area contributed by atoms with Gasteiger partial charge in [-0.3, -0.25) is 4.68 Å². The summed E-state index contributed by atoms with van der Waals surface area (Å²) < 4.78 is 1.90. The van der Waals surface area contributed by atoms with E-state index in [0.29, 0.717) is 6.54 Å². The van der Waals surface area contributed by atoms with E-state index in [4.69, 9.17) is 5.73 Å². The first-order chi connectivity index (χ1) is 9.33. The van der Waals surface area contributed by atoms with Gasteiger partial charge in [-0.2, -0.15) is 5.10 Å². The molecular formula is C16H32N4. The zero-order valence-electron chi connectivity index (χ0n) is 14.0. The van der Waals surface area contributed by atoms with Crippen molar-refractivity contribution in [2.24, 2.45) is 18.7 Å². The van der Waals surface area contributed by atoms with Gasteiger partial charge in [-0.25, -0.2) is 0 Å². The van der Waals surface area contributed by atoms with E-state index in [-0.39, 0.29) is 11.5 Å². The lowest BCUT2D eigenvalue weighted by molar-refractivity contribution is 0.410. The number of nitrogens with one attached hydrogen (secondary N) is 1. The second kappa shape index (κ2) is 7.23. The van der Waals surface area contributed by atoms with Gasteiger partial charge in [0.15, 0.2) is 0 Å². The summed E-state index contributed by atoms with van der Waals surface area (Å²) in [7, 11) is 1.98. The van der Waals surface area contributed by atoms with Crippen LogP contribution in [0.1, 0.15) is 64.8 Å². The van der Waals surface area contributed by atoms with Gasteiger partial charge in [0.05, 0.1) is 5.69 Å². The van der Waals surface area contributed by atoms with Gasteiger partial charge in [0, 0.05) is 36.8 Å². The highest BCUT2D eigenvalue weighted by atomic mass is 15.3. The van der Waals surface area contributed by atoms with Gasteiger partial charge in [-0.1, -0.05) is 47.5 Å². The average molecular weight is 280 g/mol. The van der Waals surface area contributed by atoms with Crippen molar-refractivity contribution in [2.75, 3.05) is 13.1 Å². The lowest BCUT2D eigenvalue weighted by Gasteiger charge is -2.24. The molecule has 1 atom stereocenters. The molecule has 0 aromatic carbocycles. The van der Waals surface area contributed by atoms with Crippen LogP contribution in [-0.2, 0) is 12.5 Å². The Morgan fingerprint density at radius 1 is 1.30 bits per heavy atom. The highest BCUT2D eigenvalue weighted by Gasteiger charge is 2.26. The van der Waals surface area contributed by atoms with Crippen LogP contribution in [0.3, 0.4) is 0 Å². The SMILES string of the molecule is CCC(CC)CNC(CN)c1cn(C)nc1C(C)(C)C. The summed E-state index contributed by atoms with van der Waals surface area (Å²) in [5.41, 5.74) is 8.43. The van der Waals surface area contributed by atoms with Crippen LogP contribution in [0.5, 0.6) is 0 Å². The zero-order chi connectivity index (χ0) is 15.3. The molecule has 0 saturated heterocycles. The number of aromatic nitrogens is 2. The van der Waals surface area contributed by atoms with E-state index < -0.39 is 0 Å². The molecule has 3 N–H and O–H groups in total. The van der Waals surface area contributed by atoms with E-state index >= 15 is 0 Å². The Morgan fingerprint density at radius 2 is 1.90 bits per heavy atom. The van der Waals surface area contributed by atoms with E-state index in [9.17, 15) is 0 Å². The Hall–Kier alpha value is -0.870. The number of hydrogen-bond donors (Lipinski definition) is 2. The molecule has 4 nitrogen and oxygen atoms in total. The normalized spacial score (nSPS) is 14.0. The minimum Gasteiger partial charge on any atom is -0.329 e. The van der Waals surface area contributed by atoms with Crippen molar-refractivity contribution in [2.45, 2.75) is 58.9 Å². The smallest absolute Gasteiger partial charge is 0.0726 e.